The summed E-state index contributed by atoms with van der Waals surface area (Å²) in [6.07, 6.45) is 0.488. The van der Waals surface area contributed by atoms with Crippen molar-refractivity contribution in [2.75, 3.05) is 6.61 Å². The lowest BCUT2D eigenvalue weighted by Gasteiger charge is -2.37. The lowest BCUT2D eigenvalue weighted by molar-refractivity contribution is -0.0405. The van der Waals surface area contributed by atoms with Crippen LogP contribution in [0, 0.1) is 6.92 Å². The highest BCUT2D eigenvalue weighted by molar-refractivity contribution is 6.74. The molecule has 3 heterocycles. The van der Waals surface area contributed by atoms with Crippen LogP contribution in [0.3, 0.4) is 0 Å². The van der Waals surface area contributed by atoms with Crippen LogP contribution in [0.1, 0.15) is 39.2 Å². The number of H-pyrrole nitrogens is 1. The van der Waals surface area contributed by atoms with Gasteiger partial charge in [0.2, 0.25) is 0 Å². The SMILES string of the molecule is Cc1nc2c(ncn2[C@@H]2C[C@@H](O)[C@H](CO[Si](C)(C)C(C)(C)C)O2)c(=O)[nH]1. The van der Waals surface area contributed by atoms with Crippen molar-refractivity contribution in [2.24, 2.45) is 0 Å². The Morgan fingerprint density at radius 1 is 1.46 bits per heavy atom. The summed E-state index contributed by atoms with van der Waals surface area (Å²) in [6.45, 7) is 13.0. The quantitative estimate of drug-likeness (QED) is 0.788. The van der Waals surface area contributed by atoms with Crippen molar-refractivity contribution in [3.05, 3.63) is 22.5 Å². The summed E-state index contributed by atoms with van der Waals surface area (Å²) in [6, 6.07) is 0. The molecule has 2 aromatic rings. The number of hydrogen-bond acceptors (Lipinski definition) is 6. The fraction of sp³-hybridized carbons (Fsp3) is 0.706. The molecule has 1 saturated heterocycles. The van der Waals surface area contributed by atoms with Gasteiger partial charge in [0.05, 0.1) is 19.0 Å². The largest absolute Gasteiger partial charge is 0.414 e. The van der Waals surface area contributed by atoms with E-state index in [0.717, 1.165) is 0 Å². The van der Waals surface area contributed by atoms with E-state index in [1.807, 2.05) is 0 Å². The summed E-state index contributed by atoms with van der Waals surface area (Å²) in [7, 11) is -1.92. The Bertz CT molecular complexity index is 855. The zero-order valence-electron chi connectivity index (χ0n) is 16.2. The van der Waals surface area contributed by atoms with Crippen LogP contribution in [0.25, 0.3) is 11.2 Å². The Hall–Kier alpha value is -1.55. The van der Waals surface area contributed by atoms with Gasteiger partial charge in [-0.15, -0.1) is 0 Å². The second-order valence-electron chi connectivity index (χ2n) is 8.48. The first kappa shape index (κ1) is 19.2. The average Bonchev–Trinajstić information content (AvgIpc) is 3.07. The van der Waals surface area contributed by atoms with E-state index >= 15 is 0 Å². The van der Waals surface area contributed by atoms with Gasteiger partial charge in [-0.25, -0.2) is 9.97 Å². The maximum absolute atomic E-state index is 12.0. The Labute approximate surface area is 153 Å². The standard InChI is InChI=1S/C17H28N4O4Si/c1-10-19-15-14(16(23)20-10)18-9-21(15)13-7-11(22)12(25-13)8-24-26(5,6)17(2,3)4/h9,11-13,22H,7-8H2,1-6H3,(H,19,20,23)/t11-,12+,13+/m1/s1. The molecule has 8 nitrogen and oxygen atoms in total. The Morgan fingerprint density at radius 3 is 2.81 bits per heavy atom. The van der Waals surface area contributed by atoms with Gasteiger partial charge in [-0.1, -0.05) is 20.8 Å². The highest BCUT2D eigenvalue weighted by Gasteiger charge is 2.41. The van der Waals surface area contributed by atoms with E-state index in [1.54, 1.807) is 17.8 Å². The molecule has 0 aliphatic carbocycles. The number of hydrogen-bond donors (Lipinski definition) is 2. The van der Waals surface area contributed by atoms with Crippen molar-refractivity contribution in [1.29, 1.82) is 0 Å². The van der Waals surface area contributed by atoms with Gasteiger partial charge in [-0.2, -0.15) is 0 Å². The number of aliphatic hydroxyl groups excluding tert-OH is 1. The molecule has 0 unspecified atom stereocenters. The van der Waals surface area contributed by atoms with E-state index < -0.39 is 26.8 Å². The summed E-state index contributed by atoms with van der Waals surface area (Å²) in [5.41, 5.74) is 0.465. The predicted molar refractivity (Wildman–Crippen MR) is 101 cm³/mol. The summed E-state index contributed by atoms with van der Waals surface area (Å²) >= 11 is 0. The molecule has 0 saturated carbocycles. The number of aliphatic hydroxyl groups is 1. The summed E-state index contributed by atoms with van der Waals surface area (Å²) < 4.78 is 13.9. The molecule has 1 fully saturated rings. The minimum Gasteiger partial charge on any atom is -0.414 e. The zero-order valence-corrected chi connectivity index (χ0v) is 17.2. The van der Waals surface area contributed by atoms with Crippen LogP contribution < -0.4 is 5.56 Å². The van der Waals surface area contributed by atoms with Gasteiger partial charge in [0, 0.05) is 6.42 Å². The fourth-order valence-corrected chi connectivity index (χ4v) is 3.80. The molecule has 2 aromatic heterocycles. The second kappa shape index (κ2) is 6.56. The maximum atomic E-state index is 12.0. The highest BCUT2D eigenvalue weighted by atomic mass is 28.4. The van der Waals surface area contributed by atoms with Crippen LogP contribution in [0.15, 0.2) is 11.1 Å². The number of aryl methyl sites for hydroxylation is 1. The topological polar surface area (TPSA) is 102 Å². The van der Waals surface area contributed by atoms with Crippen molar-refractivity contribution < 1.29 is 14.3 Å². The normalized spacial score (nSPS) is 24.5. The van der Waals surface area contributed by atoms with Gasteiger partial charge in [0.15, 0.2) is 19.5 Å². The van der Waals surface area contributed by atoms with Crippen LogP contribution in [-0.2, 0) is 9.16 Å². The smallest absolute Gasteiger partial charge is 0.279 e. The van der Waals surface area contributed by atoms with Crippen molar-refractivity contribution in [1.82, 2.24) is 19.5 Å². The molecule has 1 aliphatic heterocycles. The third-order valence-electron chi connectivity index (χ3n) is 5.48. The van der Waals surface area contributed by atoms with E-state index in [4.69, 9.17) is 9.16 Å². The monoisotopic (exact) mass is 380 g/mol. The van der Waals surface area contributed by atoms with Crippen LogP contribution in [0.5, 0.6) is 0 Å². The van der Waals surface area contributed by atoms with Crippen molar-refractivity contribution in [3.63, 3.8) is 0 Å². The zero-order chi connectivity index (χ0) is 19.3. The van der Waals surface area contributed by atoms with Crippen LogP contribution in [0.4, 0.5) is 0 Å². The van der Waals surface area contributed by atoms with Gasteiger partial charge >= 0.3 is 0 Å². The fourth-order valence-electron chi connectivity index (χ4n) is 2.79. The number of imidazole rings is 1. The lowest BCUT2D eigenvalue weighted by atomic mass is 10.2. The second-order valence-corrected chi connectivity index (χ2v) is 13.3. The van der Waals surface area contributed by atoms with Crippen molar-refractivity contribution >= 4 is 19.5 Å². The van der Waals surface area contributed by atoms with Crippen LogP contribution in [-0.4, -0.2) is 51.8 Å². The van der Waals surface area contributed by atoms with E-state index in [1.165, 1.54) is 0 Å². The molecule has 0 amide bonds. The predicted octanol–water partition coefficient (Wildman–Crippen LogP) is 2.10. The van der Waals surface area contributed by atoms with Gasteiger partial charge in [0.1, 0.15) is 18.2 Å². The first-order chi connectivity index (χ1) is 12.0. The van der Waals surface area contributed by atoms with Gasteiger partial charge in [-0.3, -0.25) is 9.36 Å². The van der Waals surface area contributed by atoms with Crippen LogP contribution in [0.2, 0.25) is 18.1 Å². The molecular formula is C17H28N4O4Si. The van der Waals surface area contributed by atoms with Gasteiger partial charge < -0.3 is 19.3 Å². The molecule has 0 bridgehead atoms. The maximum Gasteiger partial charge on any atom is 0.279 e. The van der Waals surface area contributed by atoms with Crippen LogP contribution >= 0.6 is 0 Å². The number of nitrogens with one attached hydrogen (secondary N) is 1. The molecule has 3 rings (SSSR count). The summed E-state index contributed by atoms with van der Waals surface area (Å²) in [5, 5.41) is 10.5. The summed E-state index contributed by atoms with van der Waals surface area (Å²) in [4.78, 5) is 23.1. The van der Waals surface area contributed by atoms with E-state index in [9.17, 15) is 9.90 Å². The molecule has 9 heteroatoms. The number of nitrogens with zero attached hydrogens (tertiary/aromatic N) is 3. The number of aromatic nitrogens is 4. The third kappa shape index (κ3) is 3.48. The molecule has 3 atom stereocenters. The molecular weight excluding hydrogens is 352 g/mol. The molecule has 2 N–H and O–H groups in total. The first-order valence-electron chi connectivity index (χ1n) is 8.90. The minimum absolute atomic E-state index is 0.0962. The Balaban J connectivity index is 1.76. The Morgan fingerprint density at radius 2 is 2.15 bits per heavy atom. The number of aromatic amines is 1. The number of ether oxygens (including phenoxy) is 1. The Kier molecular flexibility index (Phi) is 4.85. The number of rotatable bonds is 4. The molecule has 144 valence electrons. The first-order valence-corrected chi connectivity index (χ1v) is 11.8. The minimum atomic E-state index is -1.92. The van der Waals surface area contributed by atoms with Gasteiger partial charge in [-0.05, 0) is 25.1 Å². The molecule has 0 spiro atoms. The van der Waals surface area contributed by atoms with Crippen molar-refractivity contribution in [3.8, 4) is 0 Å². The molecule has 26 heavy (non-hydrogen) atoms. The molecule has 1 aliphatic rings. The average molecular weight is 381 g/mol. The molecule has 0 aromatic carbocycles. The highest BCUT2D eigenvalue weighted by Crippen LogP contribution is 2.38. The summed E-state index contributed by atoms with van der Waals surface area (Å²) in [5.74, 6) is 0.514. The van der Waals surface area contributed by atoms with E-state index in [0.29, 0.717) is 24.5 Å². The number of fused-ring (bicyclic) bond motifs is 1. The van der Waals surface area contributed by atoms with E-state index in [2.05, 4.69) is 48.8 Å². The third-order valence-corrected chi connectivity index (χ3v) is 9.98. The lowest BCUT2D eigenvalue weighted by Crippen LogP contribution is -2.43. The molecule has 0 radical (unpaired) electrons. The van der Waals surface area contributed by atoms with E-state index in [-0.39, 0.29) is 16.1 Å². The van der Waals surface area contributed by atoms with Crippen molar-refractivity contribution in [2.45, 2.75) is 70.7 Å². The van der Waals surface area contributed by atoms with Gasteiger partial charge in [0.25, 0.3) is 5.56 Å².